The maximum Gasteiger partial charge on any atom is 0.288 e. The highest BCUT2D eigenvalue weighted by molar-refractivity contribution is 6.32. The zero-order valence-corrected chi connectivity index (χ0v) is 12.3. The molecule has 0 saturated carbocycles. The summed E-state index contributed by atoms with van der Waals surface area (Å²) in [6, 6.07) is 4.18. The highest BCUT2D eigenvalue weighted by Gasteiger charge is 2.16. The molecule has 0 unspecified atom stereocenters. The normalized spacial score (nSPS) is 15.9. The summed E-state index contributed by atoms with van der Waals surface area (Å²) in [6.07, 6.45) is 1.10. The molecule has 1 saturated heterocycles. The van der Waals surface area contributed by atoms with Gasteiger partial charge in [-0.05, 0) is 25.1 Å². The number of benzene rings is 1. The van der Waals surface area contributed by atoms with Crippen molar-refractivity contribution in [2.45, 2.75) is 12.8 Å². The molecule has 21 heavy (non-hydrogen) atoms. The summed E-state index contributed by atoms with van der Waals surface area (Å²) >= 11 is 5.73. The molecular formula is C14H17ClN2O4. The third kappa shape index (κ3) is 4.49. The first-order chi connectivity index (χ1) is 10.1. The molecule has 0 spiro atoms. The number of hydrogen-bond donors (Lipinski definition) is 0. The van der Waals surface area contributed by atoms with E-state index >= 15 is 0 Å². The van der Waals surface area contributed by atoms with Gasteiger partial charge in [-0.15, -0.1) is 0 Å². The van der Waals surface area contributed by atoms with E-state index in [9.17, 15) is 14.9 Å². The third-order valence-electron chi connectivity index (χ3n) is 3.45. The Morgan fingerprint density at radius 1 is 1.38 bits per heavy atom. The van der Waals surface area contributed by atoms with Crippen LogP contribution in [0.15, 0.2) is 18.2 Å². The lowest BCUT2D eigenvalue weighted by Crippen LogP contribution is -2.36. The Bertz CT molecular complexity index is 530. The summed E-state index contributed by atoms with van der Waals surface area (Å²) in [5.41, 5.74) is 0.115. The fraction of sp³-hybridized carbons (Fsp3) is 0.500. The number of ether oxygens (including phenoxy) is 1. The average Bonchev–Trinajstić information content (AvgIpc) is 2.48. The van der Waals surface area contributed by atoms with Crippen molar-refractivity contribution in [3.63, 3.8) is 0 Å². The highest BCUT2D eigenvalue weighted by atomic mass is 35.5. The molecular weight excluding hydrogens is 296 g/mol. The SMILES string of the molecule is O=C(CCCN1CCOCC1)c1ccc(Cl)c([N+](=O)[O-])c1. The molecule has 0 amide bonds. The van der Waals surface area contributed by atoms with Crippen molar-refractivity contribution in [1.29, 1.82) is 0 Å². The van der Waals surface area contributed by atoms with E-state index in [1.54, 1.807) is 0 Å². The minimum atomic E-state index is -0.577. The zero-order chi connectivity index (χ0) is 15.2. The van der Waals surface area contributed by atoms with Gasteiger partial charge in [-0.1, -0.05) is 11.6 Å². The van der Waals surface area contributed by atoms with Crippen molar-refractivity contribution in [3.05, 3.63) is 38.9 Å². The Balaban J connectivity index is 1.88. The van der Waals surface area contributed by atoms with E-state index < -0.39 is 4.92 Å². The lowest BCUT2D eigenvalue weighted by atomic mass is 10.1. The Kier molecular flexibility index (Phi) is 5.67. The lowest BCUT2D eigenvalue weighted by Gasteiger charge is -2.26. The van der Waals surface area contributed by atoms with Crippen molar-refractivity contribution in [1.82, 2.24) is 4.90 Å². The van der Waals surface area contributed by atoms with Crippen LogP contribution >= 0.6 is 11.6 Å². The van der Waals surface area contributed by atoms with Gasteiger partial charge in [0.05, 0.1) is 18.1 Å². The van der Waals surface area contributed by atoms with Crippen molar-refractivity contribution < 1.29 is 14.5 Å². The molecule has 2 rings (SSSR count). The summed E-state index contributed by atoms with van der Waals surface area (Å²) in [6.45, 7) is 4.08. The molecule has 1 fully saturated rings. The van der Waals surface area contributed by atoms with E-state index in [2.05, 4.69) is 4.90 Å². The molecule has 1 aliphatic heterocycles. The van der Waals surface area contributed by atoms with Crippen molar-refractivity contribution >= 4 is 23.1 Å². The second kappa shape index (κ2) is 7.49. The maximum absolute atomic E-state index is 12.1. The van der Waals surface area contributed by atoms with Gasteiger partial charge in [0.25, 0.3) is 5.69 Å². The topological polar surface area (TPSA) is 72.7 Å². The number of Topliss-reactive ketones (excluding diaryl/α,β-unsaturated/α-hetero) is 1. The van der Waals surface area contributed by atoms with Gasteiger partial charge in [0.2, 0.25) is 0 Å². The molecule has 0 radical (unpaired) electrons. The van der Waals surface area contributed by atoms with Crippen LogP contribution in [0.2, 0.25) is 5.02 Å². The number of carbonyl (C=O) groups excluding carboxylic acids is 1. The molecule has 1 aromatic rings. The largest absolute Gasteiger partial charge is 0.379 e. The third-order valence-corrected chi connectivity index (χ3v) is 3.77. The van der Waals surface area contributed by atoms with E-state index in [0.29, 0.717) is 12.0 Å². The van der Waals surface area contributed by atoms with Gasteiger partial charge < -0.3 is 4.74 Å². The van der Waals surface area contributed by atoms with Crippen LogP contribution in [0.5, 0.6) is 0 Å². The van der Waals surface area contributed by atoms with Crippen LogP contribution in [-0.4, -0.2) is 48.5 Å². The number of nitro benzene ring substituents is 1. The molecule has 0 N–H and O–H groups in total. The van der Waals surface area contributed by atoms with Crippen molar-refractivity contribution in [2.75, 3.05) is 32.8 Å². The van der Waals surface area contributed by atoms with Gasteiger partial charge in [0, 0.05) is 31.1 Å². The van der Waals surface area contributed by atoms with E-state index in [0.717, 1.165) is 39.3 Å². The van der Waals surface area contributed by atoms with E-state index in [-0.39, 0.29) is 16.5 Å². The molecule has 0 aromatic heterocycles. The van der Waals surface area contributed by atoms with Gasteiger partial charge in [-0.3, -0.25) is 19.8 Å². The first-order valence-electron chi connectivity index (χ1n) is 6.85. The molecule has 6 nitrogen and oxygen atoms in total. The number of morpholine rings is 1. The number of nitro groups is 1. The smallest absolute Gasteiger partial charge is 0.288 e. The predicted octanol–water partition coefficient (Wildman–Crippen LogP) is 2.54. The molecule has 0 aliphatic carbocycles. The summed E-state index contributed by atoms with van der Waals surface area (Å²) in [7, 11) is 0. The second-order valence-electron chi connectivity index (χ2n) is 4.90. The Morgan fingerprint density at radius 3 is 2.76 bits per heavy atom. The molecule has 7 heteroatoms. The van der Waals surface area contributed by atoms with Crippen LogP contribution in [-0.2, 0) is 4.74 Å². The van der Waals surface area contributed by atoms with Gasteiger partial charge in [-0.25, -0.2) is 0 Å². The van der Waals surface area contributed by atoms with Crippen LogP contribution in [0.25, 0.3) is 0 Å². The predicted molar refractivity (Wildman–Crippen MR) is 78.9 cm³/mol. The second-order valence-corrected chi connectivity index (χ2v) is 5.31. The van der Waals surface area contributed by atoms with Crippen LogP contribution in [0.1, 0.15) is 23.2 Å². The summed E-state index contributed by atoms with van der Waals surface area (Å²) in [5.74, 6) is -0.0944. The van der Waals surface area contributed by atoms with Crippen LogP contribution < -0.4 is 0 Å². The van der Waals surface area contributed by atoms with Crippen LogP contribution in [0.4, 0.5) is 5.69 Å². The van der Waals surface area contributed by atoms with Crippen LogP contribution in [0.3, 0.4) is 0 Å². The highest BCUT2D eigenvalue weighted by Crippen LogP contribution is 2.25. The lowest BCUT2D eigenvalue weighted by molar-refractivity contribution is -0.384. The van der Waals surface area contributed by atoms with Gasteiger partial charge >= 0.3 is 0 Å². The minimum absolute atomic E-state index is 0.0462. The molecule has 114 valence electrons. The summed E-state index contributed by atoms with van der Waals surface area (Å²) in [4.78, 5) is 24.5. The number of rotatable bonds is 6. The minimum Gasteiger partial charge on any atom is -0.379 e. The number of hydrogen-bond acceptors (Lipinski definition) is 5. The summed E-state index contributed by atoms with van der Waals surface area (Å²) < 4.78 is 5.26. The Labute approximate surface area is 127 Å². The Hall–Kier alpha value is -1.50. The molecule has 0 bridgehead atoms. The number of halogens is 1. The maximum atomic E-state index is 12.1. The quantitative estimate of drug-likeness (QED) is 0.458. The first-order valence-corrected chi connectivity index (χ1v) is 7.23. The number of ketones is 1. The van der Waals surface area contributed by atoms with E-state index in [1.165, 1.54) is 18.2 Å². The first kappa shape index (κ1) is 15.9. The fourth-order valence-corrected chi connectivity index (χ4v) is 2.44. The Morgan fingerprint density at radius 2 is 2.10 bits per heavy atom. The fourth-order valence-electron chi connectivity index (χ4n) is 2.26. The standard InChI is InChI=1S/C14H17ClN2O4/c15-12-4-3-11(10-13(12)17(19)20)14(18)2-1-5-16-6-8-21-9-7-16/h3-4,10H,1-2,5-9H2. The molecule has 0 atom stereocenters. The van der Waals surface area contributed by atoms with Gasteiger partial charge in [0.1, 0.15) is 5.02 Å². The average molecular weight is 313 g/mol. The number of carbonyl (C=O) groups is 1. The van der Waals surface area contributed by atoms with Gasteiger partial charge in [-0.2, -0.15) is 0 Å². The molecule has 1 aliphatic rings. The van der Waals surface area contributed by atoms with Crippen molar-refractivity contribution in [2.24, 2.45) is 0 Å². The van der Waals surface area contributed by atoms with Crippen molar-refractivity contribution in [3.8, 4) is 0 Å². The molecule has 1 heterocycles. The van der Waals surface area contributed by atoms with Gasteiger partial charge in [0.15, 0.2) is 5.78 Å². The van der Waals surface area contributed by atoms with Crippen LogP contribution in [0, 0.1) is 10.1 Å². The molecule has 1 aromatic carbocycles. The zero-order valence-electron chi connectivity index (χ0n) is 11.6. The summed E-state index contributed by atoms with van der Waals surface area (Å²) in [5, 5.41) is 10.9. The number of nitrogens with zero attached hydrogens (tertiary/aromatic N) is 2. The van der Waals surface area contributed by atoms with E-state index in [1.807, 2.05) is 0 Å². The van der Waals surface area contributed by atoms with E-state index in [4.69, 9.17) is 16.3 Å². The monoisotopic (exact) mass is 312 g/mol.